The Morgan fingerprint density at radius 3 is 1.73 bits per heavy atom. The van der Waals surface area contributed by atoms with E-state index in [9.17, 15) is 0 Å². The van der Waals surface area contributed by atoms with Gasteiger partial charge >= 0.3 is 0 Å². The molecule has 0 saturated carbocycles. The summed E-state index contributed by atoms with van der Waals surface area (Å²) in [5, 5.41) is 0. The average molecular weight is 214 g/mol. The van der Waals surface area contributed by atoms with E-state index in [2.05, 4.69) is 60.4 Å². The second-order valence-corrected chi connectivity index (χ2v) is 6.33. The number of nitrogens with zero attached hydrogens (tertiary/aromatic N) is 1. The van der Waals surface area contributed by atoms with Gasteiger partial charge in [-0.3, -0.25) is 0 Å². The molecular weight excluding hydrogens is 184 g/mol. The lowest BCUT2D eigenvalue weighted by Gasteiger charge is -2.47. The molecule has 0 aliphatic carbocycles. The fraction of sp³-hybridized carbons (Fsp3) is 1.00. The molecule has 0 heterocycles. The maximum absolute atomic E-state index is 6.46. The van der Waals surface area contributed by atoms with Crippen molar-refractivity contribution >= 4 is 0 Å². The van der Waals surface area contributed by atoms with Crippen molar-refractivity contribution in [2.45, 2.75) is 60.0 Å². The molecule has 15 heavy (non-hydrogen) atoms. The predicted molar refractivity (Wildman–Crippen MR) is 69.0 cm³/mol. The van der Waals surface area contributed by atoms with Crippen LogP contribution in [0.1, 0.15) is 48.5 Å². The number of hydrogen-bond acceptors (Lipinski definition) is 2. The molecule has 2 heteroatoms. The van der Waals surface area contributed by atoms with Gasteiger partial charge in [0, 0.05) is 18.1 Å². The Labute approximate surface area is 96.2 Å². The Bertz CT molecular complexity index is 193. The van der Waals surface area contributed by atoms with Gasteiger partial charge in [-0.2, -0.15) is 0 Å². The third kappa shape index (κ3) is 3.46. The maximum atomic E-state index is 6.46. The molecule has 0 saturated heterocycles. The summed E-state index contributed by atoms with van der Waals surface area (Å²) in [6.07, 6.45) is 0. The van der Waals surface area contributed by atoms with E-state index in [4.69, 9.17) is 5.73 Å². The highest BCUT2D eigenvalue weighted by Crippen LogP contribution is 2.35. The maximum Gasteiger partial charge on any atom is 0.0213 e. The average Bonchev–Trinajstić information content (AvgIpc) is 2.02. The van der Waals surface area contributed by atoms with Crippen LogP contribution in [0.25, 0.3) is 0 Å². The van der Waals surface area contributed by atoms with Crippen LogP contribution in [0.15, 0.2) is 0 Å². The third-order valence-electron chi connectivity index (χ3n) is 4.18. The number of rotatable bonds is 5. The molecule has 0 radical (unpaired) electrons. The standard InChI is InChI=1S/C13H30N2/c1-10(2)13(7,14)12(5,6)9-15(8)11(3)4/h10-11H,9,14H2,1-8H3. The molecule has 92 valence electrons. The molecule has 1 atom stereocenters. The van der Waals surface area contributed by atoms with Crippen LogP contribution in [-0.2, 0) is 0 Å². The van der Waals surface area contributed by atoms with E-state index in [1.807, 2.05) is 0 Å². The van der Waals surface area contributed by atoms with Crippen molar-refractivity contribution < 1.29 is 0 Å². The lowest BCUT2D eigenvalue weighted by Crippen LogP contribution is -2.58. The molecule has 0 aromatic heterocycles. The molecule has 0 bridgehead atoms. The monoisotopic (exact) mass is 214 g/mol. The SMILES string of the molecule is CC(C)N(C)CC(C)(C)C(C)(N)C(C)C. The molecule has 0 aliphatic rings. The summed E-state index contributed by atoms with van der Waals surface area (Å²) in [5.41, 5.74) is 6.46. The van der Waals surface area contributed by atoms with Crippen LogP contribution >= 0.6 is 0 Å². The molecule has 1 unspecified atom stereocenters. The first-order chi connectivity index (χ1) is 6.52. The molecule has 0 aromatic rings. The molecule has 0 rings (SSSR count). The van der Waals surface area contributed by atoms with E-state index in [-0.39, 0.29) is 11.0 Å². The lowest BCUT2D eigenvalue weighted by atomic mass is 9.67. The molecule has 2 N–H and O–H groups in total. The summed E-state index contributed by atoms with van der Waals surface area (Å²) in [4.78, 5) is 2.37. The molecular formula is C13H30N2. The number of nitrogens with two attached hydrogens (primary N) is 1. The van der Waals surface area contributed by atoms with E-state index in [0.29, 0.717) is 12.0 Å². The molecule has 0 fully saturated rings. The van der Waals surface area contributed by atoms with Gasteiger partial charge in [0.1, 0.15) is 0 Å². The fourth-order valence-corrected chi connectivity index (χ4v) is 1.76. The highest BCUT2D eigenvalue weighted by Gasteiger charge is 2.40. The minimum Gasteiger partial charge on any atom is -0.325 e. The van der Waals surface area contributed by atoms with Gasteiger partial charge in [-0.25, -0.2) is 0 Å². The van der Waals surface area contributed by atoms with Gasteiger partial charge in [-0.1, -0.05) is 27.7 Å². The quantitative estimate of drug-likeness (QED) is 0.762. The van der Waals surface area contributed by atoms with Gasteiger partial charge < -0.3 is 10.6 Å². The summed E-state index contributed by atoms with van der Waals surface area (Å²) in [6.45, 7) is 16.6. The molecule has 0 amide bonds. The van der Waals surface area contributed by atoms with Gasteiger partial charge in [0.25, 0.3) is 0 Å². The minimum atomic E-state index is -0.129. The van der Waals surface area contributed by atoms with Gasteiger partial charge in [0.05, 0.1) is 0 Å². The Kier molecular flexibility index (Phi) is 4.81. The largest absolute Gasteiger partial charge is 0.325 e. The Hall–Kier alpha value is -0.0800. The fourth-order valence-electron chi connectivity index (χ4n) is 1.76. The molecule has 2 nitrogen and oxygen atoms in total. The van der Waals surface area contributed by atoms with Crippen LogP contribution in [0.3, 0.4) is 0 Å². The highest BCUT2D eigenvalue weighted by atomic mass is 15.1. The van der Waals surface area contributed by atoms with Crippen LogP contribution in [0.5, 0.6) is 0 Å². The minimum absolute atomic E-state index is 0.125. The van der Waals surface area contributed by atoms with E-state index in [0.717, 1.165) is 6.54 Å². The smallest absolute Gasteiger partial charge is 0.0213 e. The third-order valence-corrected chi connectivity index (χ3v) is 4.18. The van der Waals surface area contributed by atoms with Gasteiger partial charge in [-0.05, 0) is 39.2 Å². The highest BCUT2D eigenvalue weighted by molar-refractivity contribution is 4.97. The zero-order valence-corrected chi connectivity index (χ0v) is 11.9. The summed E-state index contributed by atoms with van der Waals surface area (Å²) in [5.74, 6) is 0.494. The lowest BCUT2D eigenvalue weighted by molar-refractivity contribution is 0.0726. The molecule has 0 spiro atoms. The van der Waals surface area contributed by atoms with Crippen molar-refractivity contribution in [3.05, 3.63) is 0 Å². The first-order valence-electron chi connectivity index (χ1n) is 6.01. The first kappa shape index (κ1) is 14.9. The van der Waals surface area contributed by atoms with E-state index in [1.54, 1.807) is 0 Å². The molecule has 0 aliphatic heterocycles. The topological polar surface area (TPSA) is 29.3 Å². The Balaban J connectivity index is 4.68. The van der Waals surface area contributed by atoms with Gasteiger partial charge in [0.15, 0.2) is 0 Å². The van der Waals surface area contributed by atoms with Crippen molar-refractivity contribution in [3.63, 3.8) is 0 Å². The van der Waals surface area contributed by atoms with Crippen LogP contribution in [0.4, 0.5) is 0 Å². The molecule has 0 aromatic carbocycles. The zero-order chi connectivity index (χ0) is 12.4. The van der Waals surface area contributed by atoms with E-state index >= 15 is 0 Å². The van der Waals surface area contributed by atoms with Crippen molar-refractivity contribution in [3.8, 4) is 0 Å². The van der Waals surface area contributed by atoms with Crippen LogP contribution in [0, 0.1) is 11.3 Å². The van der Waals surface area contributed by atoms with Crippen LogP contribution < -0.4 is 5.73 Å². The second kappa shape index (κ2) is 4.84. The van der Waals surface area contributed by atoms with Crippen molar-refractivity contribution in [2.75, 3.05) is 13.6 Å². The summed E-state index contributed by atoms with van der Waals surface area (Å²) < 4.78 is 0. The zero-order valence-electron chi connectivity index (χ0n) is 11.9. The van der Waals surface area contributed by atoms with Gasteiger partial charge in [0.2, 0.25) is 0 Å². The summed E-state index contributed by atoms with van der Waals surface area (Å²) in [6, 6.07) is 0.576. The Morgan fingerprint density at radius 1 is 1.07 bits per heavy atom. The van der Waals surface area contributed by atoms with Gasteiger partial charge in [-0.15, -0.1) is 0 Å². The van der Waals surface area contributed by atoms with Crippen LogP contribution in [0.2, 0.25) is 0 Å². The van der Waals surface area contributed by atoms with Crippen molar-refractivity contribution in [2.24, 2.45) is 17.1 Å². The predicted octanol–water partition coefficient (Wildman–Crippen LogP) is 2.73. The Morgan fingerprint density at radius 2 is 1.47 bits per heavy atom. The van der Waals surface area contributed by atoms with Crippen molar-refractivity contribution in [1.29, 1.82) is 0 Å². The first-order valence-corrected chi connectivity index (χ1v) is 6.01. The van der Waals surface area contributed by atoms with Crippen LogP contribution in [-0.4, -0.2) is 30.1 Å². The van der Waals surface area contributed by atoms with E-state index in [1.165, 1.54) is 0 Å². The second-order valence-electron chi connectivity index (χ2n) is 6.33. The number of hydrogen-bond donors (Lipinski definition) is 1. The van der Waals surface area contributed by atoms with Crippen molar-refractivity contribution in [1.82, 2.24) is 4.90 Å². The summed E-state index contributed by atoms with van der Waals surface area (Å²) in [7, 11) is 2.17. The summed E-state index contributed by atoms with van der Waals surface area (Å²) >= 11 is 0. The normalized spacial score (nSPS) is 17.6. The van der Waals surface area contributed by atoms with E-state index < -0.39 is 0 Å².